The molecule has 1 aromatic carbocycles. The molecule has 1 heterocycles. The Morgan fingerprint density at radius 3 is 2.61 bits per heavy atom. The molecule has 0 unspecified atom stereocenters. The lowest BCUT2D eigenvalue weighted by atomic mass is 10.2. The molecule has 0 saturated heterocycles. The molecule has 0 spiro atoms. The molecule has 0 atom stereocenters. The Balaban J connectivity index is 2.40. The van der Waals surface area contributed by atoms with Gasteiger partial charge in [-0.15, -0.1) is 0 Å². The fourth-order valence-corrected chi connectivity index (χ4v) is 2.60. The van der Waals surface area contributed by atoms with Crippen LogP contribution >= 0.6 is 39.1 Å². The first kappa shape index (κ1) is 13.7. The largest absolute Gasteiger partial charge is 0.310 e. The number of benzene rings is 1. The van der Waals surface area contributed by atoms with Gasteiger partial charge < -0.3 is 4.57 Å². The monoisotopic (exact) mass is 345 g/mol. The third-order valence-electron chi connectivity index (χ3n) is 2.52. The van der Waals surface area contributed by atoms with Crippen molar-refractivity contribution in [3.05, 3.63) is 66.5 Å². The number of nitrogens with zero attached hydrogens (tertiary/aromatic N) is 1. The molecular formula is C13H10BrCl2NO. The zero-order valence-electron chi connectivity index (χ0n) is 9.58. The lowest BCUT2D eigenvalue weighted by Gasteiger charge is -2.08. The summed E-state index contributed by atoms with van der Waals surface area (Å²) in [6.07, 6.45) is 1.82. The van der Waals surface area contributed by atoms with Crippen molar-refractivity contribution in [1.29, 1.82) is 0 Å². The Bertz CT molecular complexity index is 652. The average Bonchev–Trinajstić information content (AvgIpc) is 2.30. The summed E-state index contributed by atoms with van der Waals surface area (Å²) in [5.41, 5.74) is 1.89. The summed E-state index contributed by atoms with van der Waals surface area (Å²) in [7, 11) is 0. The van der Waals surface area contributed by atoms with Crippen LogP contribution in [0.2, 0.25) is 10.0 Å². The van der Waals surface area contributed by atoms with Crippen LogP contribution in [0.5, 0.6) is 0 Å². The van der Waals surface area contributed by atoms with Crippen LogP contribution in [0.25, 0.3) is 0 Å². The Morgan fingerprint density at radius 1 is 1.22 bits per heavy atom. The first-order valence-electron chi connectivity index (χ1n) is 5.28. The molecule has 0 N–H and O–H groups in total. The zero-order valence-corrected chi connectivity index (χ0v) is 12.7. The van der Waals surface area contributed by atoms with Crippen LogP contribution in [-0.2, 0) is 6.54 Å². The summed E-state index contributed by atoms with van der Waals surface area (Å²) in [6.45, 7) is 2.41. The van der Waals surface area contributed by atoms with Gasteiger partial charge in [0.15, 0.2) is 0 Å². The molecule has 0 saturated carbocycles. The van der Waals surface area contributed by atoms with E-state index in [1.54, 1.807) is 22.8 Å². The predicted octanol–water partition coefficient (Wildman–Crippen LogP) is 4.27. The molecule has 0 aliphatic rings. The first-order valence-corrected chi connectivity index (χ1v) is 6.83. The summed E-state index contributed by atoms with van der Waals surface area (Å²) >= 11 is 15.1. The number of halogens is 3. The highest BCUT2D eigenvalue weighted by Crippen LogP contribution is 2.22. The molecular weight excluding hydrogens is 337 g/mol. The second-order valence-electron chi connectivity index (χ2n) is 4.05. The molecule has 0 amide bonds. The highest BCUT2D eigenvalue weighted by Gasteiger charge is 2.05. The molecule has 5 heteroatoms. The second kappa shape index (κ2) is 5.47. The Hall–Kier alpha value is -0.770. The van der Waals surface area contributed by atoms with Gasteiger partial charge in [0, 0.05) is 6.20 Å². The quantitative estimate of drug-likeness (QED) is 0.795. The minimum Gasteiger partial charge on any atom is -0.310 e. The third-order valence-corrected chi connectivity index (χ3v) is 3.82. The van der Waals surface area contributed by atoms with Crippen LogP contribution in [0.1, 0.15) is 11.1 Å². The Morgan fingerprint density at radius 2 is 1.94 bits per heavy atom. The topological polar surface area (TPSA) is 22.0 Å². The lowest BCUT2D eigenvalue weighted by molar-refractivity contribution is 0.750. The maximum Gasteiger partial charge on any atom is 0.265 e. The van der Waals surface area contributed by atoms with Crippen molar-refractivity contribution in [2.45, 2.75) is 13.5 Å². The van der Waals surface area contributed by atoms with Crippen LogP contribution < -0.4 is 5.56 Å². The summed E-state index contributed by atoms with van der Waals surface area (Å²) in [5, 5.41) is 1.01. The van der Waals surface area contributed by atoms with E-state index in [4.69, 9.17) is 23.2 Å². The maximum atomic E-state index is 11.9. The zero-order chi connectivity index (χ0) is 13.3. The predicted molar refractivity (Wildman–Crippen MR) is 78.7 cm³/mol. The Kier molecular flexibility index (Phi) is 4.15. The molecule has 2 nitrogen and oxygen atoms in total. The molecule has 0 aliphatic carbocycles. The number of hydrogen-bond acceptors (Lipinski definition) is 1. The van der Waals surface area contributed by atoms with Gasteiger partial charge in [0.1, 0.15) is 0 Å². The molecule has 0 bridgehead atoms. The van der Waals surface area contributed by atoms with Crippen molar-refractivity contribution < 1.29 is 0 Å². The van der Waals surface area contributed by atoms with Gasteiger partial charge in [0.2, 0.25) is 0 Å². The molecule has 0 aliphatic heterocycles. The van der Waals surface area contributed by atoms with Crippen LogP contribution in [0, 0.1) is 6.92 Å². The van der Waals surface area contributed by atoms with E-state index in [0.29, 0.717) is 21.1 Å². The average molecular weight is 347 g/mol. The molecule has 1 aromatic heterocycles. The van der Waals surface area contributed by atoms with Crippen LogP contribution in [0.3, 0.4) is 0 Å². The molecule has 94 valence electrons. The van der Waals surface area contributed by atoms with Gasteiger partial charge in [0.05, 0.1) is 21.1 Å². The van der Waals surface area contributed by atoms with Crippen LogP contribution in [-0.4, -0.2) is 4.57 Å². The van der Waals surface area contributed by atoms with E-state index in [1.165, 1.54) is 0 Å². The van der Waals surface area contributed by atoms with Crippen LogP contribution in [0.15, 0.2) is 39.7 Å². The molecule has 0 fully saturated rings. The second-order valence-corrected chi connectivity index (χ2v) is 5.72. The molecule has 0 radical (unpaired) electrons. The van der Waals surface area contributed by atoms with Gasteiger partial charge in [-0.3, -0.25) is 4.79 Å². The van der Waals surface area contributed by atoms with E-state index in [-0.39, 0.29) is 5.56 Å². The summed E-state index contributed by atoms with van der Waals surface area (Å²) in [6, 6.07) is 7.16. The summed E-state index contributed by atoms with van der Waals surface area (Å²) < 4.78 is 2.20. The van der Waals surface area contributed by atoms with E-state index in [1.807, 2.05) is 19.2 Å². The fraction of sp³-hybridized carbons (Fsp3) is 0.154. The minimum absolute atomic E-state index is 0.0633. The van der Waals surface area contributed by atoms with Crippen molar-refractivity contribution in [3.63, 3.8) is 0 Å². The maximum absolute atomic E-state index is 11.9. The van der Waals surface area contributed by atoms with Crippen LogP contribution in [0.4, 0.5) is 0 Å². The molecule has 18 heavy (non-hydrogen) atoms. The lowest BCUT2D eigenvalue weighted by Crippen LogP contribution is -2.21. The van der Waals surface area contributed by atoms with Crippen molar-refractivity contribution in [2.24, 2.45) is 0 Å². The number of aromatic nitrogens is 1. The SMILES string of the molecule is Cc1cc(Br)c(=O)n(Cc2ccc(Cl)c(Cl)c2)c1. The number of pyridine rings is 1. The fourth-order valence-electron chi connectivity index (χ4n) is 1.69. The van der Waals surface area contributed by atoms with Gasteiger partial charge in [-0.2, -0.15) is 0 Å². The normalized spacial score (nSPS) is 10.7. The van der Waals surface area contributed by atoms with E-state index < -0.39 is 0 Å². The van der Waals surface area contributed by atoms with Gasteiger partial charge in [0.25, 0.3) is 5.56 Å². The van der Waals surface area contributed by atoms with Crippen molar-refractivity contribution in [3.8, 4) is 0 Å². The summed E-state index contributed by atoms with van der Waals surface area (Å²) in [4.78, 5) is 11.9. The highest BCUT2D eigenvalue weighted by molar-refractivity contribution is 9.10. The minimum atomic E-state index is -0.0633. The van der Waals surface area contributed by atoms with E-state index in [0.717, 1.165) is 11.1 Å². The van der Waals surface area contributed by atoms with Crippen molar-refractivity contribution >= 4 is 39.1 Å². The van der Waals surface area contributed by atoms with Gasteiger partial charge in [-0.05, 0) is 52.2 Å². The first-order chi connectivity index (χ1) is 8.47. The molecule has 2 aromatic rings. The van der Waals surface area contributed by atoms with E-state index >= 15 is 0 Å². The summed E-state index contributed by atoms with van der Waals surface area (Å²) in [5.74, 6) is 0. The number of rotatable bonds is 2. The van der Waals surface area contributed by atoms with Gasteiger partial charge in [-0.25, -0.2) is 0 Å². The smallest absolute Gasteiger partial charge is 0.265 e. The standard InChI is InChI=1S/C13H10BrCl2NO/c1-8-4-10(14)13(18)17(6-8)7-9-2-3-11(15)12(16)5-9/h2-6H,7H2,1H3. The Labute approximate surface area is 123 Å². The van der Waals surface area contributed by atoms with E-state index in [9.17, 15) is 4.79 Å². The number of hydrogen-bond donors (Lipinski definition) is 0. The van der Waals surface area contributed by atoms with Crippen molar-refractivity contribution in [2.75, 3.05) is 0 Å². The highest BCUT2D eigenvalue weighted by atomic mass is 79.9. The van der Waals surface area contributed by atoms with Gasteiger partial charge in [-0.1, -0.05) is 29.3 Å². The molecule has 2 rings (SSSR count). The van der Waals surface area contributed by atoms with Crippen molar-refractivity contribution in [1.82, 2.24) is 4.57 Å². The third kappa shape index (κ3) is 2.97. The van der Waals surface area contributed by atoms with Gasteiger partial charge >= 0.3 is 0 Å². The van der Waals surface area contributed by atoms with E-state index in [2.05, 4.69) is 15.9 Å². The number of aryl methyl sites for hydroxylation is 1.